The fraction of sp³-hybridized carbons (Fsp3) is 0.300. The van der Waals surface area contributed by atoms with Crippen LogP contribution < -0.4 is 10.7 Å². The number of aromatic amines is 1. The van der Waals surface area contributed by atoms with E-state index in [0.29, 0.717) is 34.8 Å². The third kappa shape index (κ3) is 4.78. The number of H-pyrrole nitrogens is 1. The molecule has 142 valence electrons. The Labute approximate surface area is 161 Å². The van der Waals surface area contributed by atoms with Gasteiger partial charge in [0.2, 0.25) is 11.1 Å². The van der Waals surface area contributed by atoms with Crippen molar-refractivity contribution in [3.63, 3.8) is 0 Å². The summed E-state index contributed by atoms with van der Waals surface area (Å²) in [5.74, 6) is 0.244. The zero-order chi connectivity index (χ0) is 19.2. The zero-order valence-electron chi connectivity index (χ0n) is 14.8. The number of fused-ring (bicyclic) bond motifs is 1. The summed E-state index contributed by atoms with van der Waals surface area (Å²) in [6.45, 7) is 0.474. The van der Waals surface area contributed by atoms with Gasteiger partial charge >= 0.3 is 0 Å². The highest BCUT2D eigenvalue weighted by atomic mass is 35.5. The lowest BCUT2D eigenvalue weighted by Gasteiger charge is -2.05. The first-order valence-corrected chi connectivity index (χ1v) is 9.24. The molecule has 1 aromatic carbocycles. The third-order valence-corrected chi connectivity index (χ3v) is 4.56. The first kappa shape index (κ1) is 19.2. The molecule has 27 heavy (non-hydrogen) atoms. The molecule has 0 radical (unpaired) electrons. The van der Waals surface area contributed by atoms with Crippen LogP contribution in [0, 0.1) is 0 Å². The fourth-order valence-electron chi connectivity index (χ4n) is 2.83. The minimum Gasteiger partial charge on any atom is -0.445 e. The second-order valence-electron chi connectivity index (χ2n) is 6.33. The number of pyridine rings is 1. The molecule has 7 heteroatoms. The van der Waals surface area contributed by atoms with Crippen LogP contribution in [-0.2, 0) is 13.0 Å². The molecule has 0 fully saturated rings. The summed E-state index contributed by atoms with van der Waals surface area (Å²) >= 11 is 5.84. The van der Waals surface area contributed by atoms with Crippen molar-refractivity contribution < 1.29 is 14.3 Å². The molecule has 2 heterocycles. The van der Waals surface area contributed by atoms with Crippen LogP contribution in [0.3, 0.4) is 0 Å². The van der Waals surface area contributed by atoms with Crippen molar-refractivity contribution in [2.75, 3.05) is 6.61 Å². The Bertz CT molecular complexity index is 976. The molecule has 3 rings (SSSR count). The number of benzene rings is 1. The lowest BCUT2D eigenvalue weighted by atomic mass is 10.1. The number of carbonyl (C=O) groups excluding carboxylic acids is 1. The van der Waals surface area contributed by atoms with Gasteiger partial charge in [0.05, 0.1) is 5.39 Å². The van der Waals surface area contributed by atoms with Crippen molar-refractivity contribution in [3.8, 4) is 0 Å². The molecule has 3 aromatic rings. The normalized spacial score (nSPS) is 11.0. The number of hydrogen-bond donors (Lipinski definition) is 3. The maximum atomic E-state index is 12.6. The van der Waals surface area contributed by atoms with E-state index in [2.05, 4.69) is 10.3 Å². The number of rotatable bonds is 8. The monoisotopic (exact) mass is 388 g/mol. The second kappa shape index (κ2) is 8.88. The van der Waals surface area contributed by atoms with E-state index in [1.807, 2.05) is 12.1 Å². The van der Waals surface area contributed by atoms with E-state index in [0.717, 1.165) is 24.8 Å². The van der Waals surface area contributed by atoms with Crippen molar-refractivity contribution >= 4 is 28.6 Å². The molecule has 1 amide bonds. The van der Waals surface area contributed by atoms with Crippen molar-refractivity contribution in [2.24, 2.45) is 0 Å². The molecule has 0 saturated carbocycles. The van der Waals surface area contributed by atoms with Gasteiger partial charge in [0.15, 0.2) is 0 Å². The molecular formula is C20H21ClN2O4. The van der Waals surface area contributed by atoms with Crippen LogP contribution in [-0.4, -0.2) is 22.6 Å². The smallest absolute Gasteiger partial charge is 0.257 e. The van der Waals surface area contributed by atoms with Crippen molar-refractivity contribution in [1.82, 2.24) is 10.3 Å². The maximum absolute atomic E-state index is 12.6. The number of amides is 1. The van der Waals surface area contributed by atoms with E-state index < -0.39 is 5.91 Å². The first-order valence-electron chi connectivity index (χ1n) is 8.86. The van der Waals surface area contributed by atoms with Gasteiger partial charge in [0.25, 0.3) is 5.91 Å². The Morgan fingerprint density at radius 3 is 2.70 bits per heavy atom. The number of aromatic nitrogens is 1. The predicted octanol–water partition coefficient (Wildman–Crippen LogP) is 3.41. The Morgan fingerprint density at radius 2 is 1.96 bits per heavy atom. The van der Waals surface area contributed by atoms with Gasteiger partial charge in [0.1, 0.15) is 11.3 Å². The highest BCUT2D eigenvalue weighted by molar-refractivity contribution is 6.30. The van der Waals surface area contributed by atoms with Gasteiger partial charge < -0.3 is 19.8 Å². The molecule has 0 spiro atoms. The average molecular weight is 389 g/mol. The summed E-state index contributed by atoms with van der Waals surface area (Å²) in [4.78, 5) is 27.9. The van der Waals surface area contributed by atoms with Gasteiger partial charge in [-0.2, -0.15) is 0 Å². The maximum Gasteiger partial charge on any atom is 0.257 e. The third-order valence-electron chi connectivity index (χ3n) is 4.31. The molecule has 0 bridgehead atoms. The number of furan rings is 1. The summed E-state index contributed by atoms with van der Waals surface area (Å²) in [6, 6.07) is 8.80. The molecule has 0 aliphatic rings. The summed E-state index contributed by atoms with van der Waals surface area (Å²) in [5, 5.41) is 12.5. The van der Waals surface area contributed by atoms with Crippen LogP contribution in [0.25, 0.3) is 11.1 Å². The SMILES string of the molecule is O=C(NCc1ccc(Cl)cc1)c1c[nH]c2oc(CCCCCO)cc2c1=O. The molecule has 2 aromatic heterocycles. The van der Waals surface area contributed by atoms with Crippen molar-refractivity contribution in [3.05, 3.63) is 68.7 Å². The summed E-state index contributed by atoms with van der Waals surface area (Å²) in [7, 11) is 0. The van der Waals surface area contributed by atoms with E-state index in [4.69, 9.17) is 21.1 Å². The Hall–Kier alpha value is -2.57. The topological polar surface area (TPSA) is 95.3 Å². The van der Waals surface area contributed by atoms with E-state index in [1.165, 1.54) is 6.20 Å². The zero-order valence-corrected chi connectivity index (χ0v) is 15.5. The number of aliphatic hydroxyl groups excluding tert-OH is 1. The molecular weight excluding hydrogens is 368 g/mol. The number of unbranched alkanes of at least 4 members (excludes halogenated alkanes) is 2. The number of aliphatic hydroxyl groups is 1. The Morgan fingerprint density at radius 1 is 1.19 bits per heavy atom. The molecule has 0 aliphatic carbocycles. The van der Waals surface area contributed by atoms with Crippen LogP contribution in [0.5, 0.6) is 0 Å². The minimum absolute atomic E-state index is 0.0455. The number of aryl methyl sites for hydroxylation is 1. The van der Waals surface area contributed by atoms with E-state index >= 15 is 0 Å². The number of carbonyl (C=O) groups is 1. The van der Waals surface area contributed by atoms with Crippen LogP contribution in [0.2, 0.25) is 5.02 Å². The lowest BCUT2D eigenvalue weighted by molar-refractivity contribution is 0.0949. The summed E-state index contributed by atoms with van der Waals surface area (Å²) in [5.41, 5.74) is 0.942. The number of hydrogen-bond acceptors (Lipinski definition) is 4. The van der Waals surface area contributed by atoms with Gasteiger partial charge in [0, 0.05) is 30.8 Å². The van der Waals surface area contributed by atoms with Crippen molar-refractivity contribution in [2.45, 2.75) is 32.2 Å². The van der Waals surface area contributed by atoms with Gasteiger partial charge in [-0.15, -0.1) is 0 Å². The predicted molar refractivity (Wildman–Crippen MR) is 104 cm³/mol. The lowest BCUT2D eigenvalue weighted by Crippen LogP contribution is -2.28. The molecule has 0 atom stereocenters. The molecule has 6 nitrogen and oxygen atoms in total. The highest BCUT2D eigenvalue weighted by Crippen LogP contribution is 2.17. The number of halogens is 1. The molecule has 3 N–H and O–H groups in total. The van der Waals surface area contributed by atoms with Crippen LogP contribution in [0.15, 0.2) is 45.7 Å². The largest absolute Gasteiger partial charge is 0.445 e. The van der Waals surface area contributed by atoms with E-state index in [-0.39, 0.29) is 17.6 Å². The highest BCUT2D eigenvalue weighted by Gasteiger charge is 2.15. The van der Waals surface area contributed by atoms with Gasteiger partial charge in [-0.3, -0.25) is 9.59 Å². The molecule has 0 aliphatic heterocycles. The standard InChI is InChI=1S/C20H21ClN2O4/c21-14-7-5-13(6-8-14)11-22-19(26)17-12-23-20-16(18(17)25)10-15(27-20)4-2-1-3-9-24/h5-8,10,12,24H,1-4,9,11H2,(H,22,26)(H,23,25). The van der Waals surface area contributed by atoms with Crippen LogP contribution in [0.4, 0.5) is 0 Å². The van der Waals surface area contributed by atoms with Crippen LogP contribution >= 0.6 is 11.6 Å². The van der Waals surface area contributed by atoms with Gasteiger partial charge in [-0.05, 0) is 36.6 Å². The summed E-state index contributed by atoms with van der Waals surface area (Å²) in [6.07, 6.45) is 4.56. The van der Waals surface area contributed by atoms with Crippen molar-refractivity contribution in [1.29, 1.82) is 0 Å². The first-order chi connectivity index (χ1) is 13.1. The Kier molecular flexibility index (Phi) is 6.32. The summed E-state index contributed by atoms with van der Waals surface area (Å²) < 4.78 is 5.64. The molecule has 0 saturated heterocycles. The number of nitrogens with one attached hydrogen (secondary N) is 2. The minimum atomic E-state index is -0.446. The average Bonchev–Trinajstić information content (AvgIpc) is 3.09. The van der Waals surface area contributed by atoms with E-state index in [1.54, 1.807) is 18.2 Å². The molecule has 0 unspecified atom stereocenters. The quantitative estimate of drug-likeness (QED) is 0.515. The van der Waals surface area contributed by atoms with Gasteiger partial charge in [-0.1, -0.05) is 30.2 Å². The van der Waals surface area contributed by atoms with Gasteiger partial charge in [-0.25, -0.2) is 0 Å². The second-order valence-corrected chi connectivity index (χ2v) is 6.77. The van der Waals surface area contributed by atoms with Crippen LogP contribution in [0.1, 0.15) is 40.9 Å². The fourth-order valence-corrected chi connectivity index (χ4v) is 2.95. The van der Waals surface area contributed by atoms with E-state index in [9.17, 15) is 9.59 Å². The Balaban J connectivity index is 1.70.